The van der Waals surface area contributed by atoms with Crippen LogP contribution in [0.1, 0.15) is 17.5 Å². The summed E-state index contributed by atoms with van der Waals surface area (Å²) in [6, 6.07) is 17.6. The van der Waals surface area contributed by atoms with Crippen LogP contribution in [0.4, 0.5) is 0 Å². The van der Waals surface area contributed by atoms with E-state index in [1.807, 2.05) is 61.5 Å². The maximum absolute atomic E-state index is 10.4. The van der Waals surface area contributed by atoms with E-state index in [1.54, 1.807) is 0 Å². The third-order valence-electron chi connectivity index (χ3n) is 4.05. The maximum atomic E-state index is 10.4. The van der Waals surface area contributed by atoms with Gasteiger partial charge in [0.1, 0.15) is 17.3 Å². The van der Waals surface area contributed by atoms with Gasteiger partial charge in [0.05, 0.1) is 21.5 Å². The van der Waals surface area contributed by atoms with Gasteiger partial charge in [0.25, 0.3) is 0 Å². The van der Waals surface area contributed by atoms with Crippen LogP contribution in [0.25, 0.3) is 15.8 Å². The molecule has 0 aliphatic carbocycles. The maximum Gasteiger partial charge on any atom is 0.155 e. The van der Waals surface area contributed by atoms with Gasteiger partial charge in [-0.3, -0.25) is 5.41 Å². The third kappa shape index (κ3) is 2.81. The minimum Gasteiger partial charge on any atom is -0.509 e. The number of hydrogen-bond donors (Lipinski definition) is 2. The Balaban J connectivity index is 1.65. The molecule has 2 aromatic carbocycles. The molecular weight excluding hydrogens is 332 g/mol. The van der Waals surface area contributed by atoms with Crippen molar-refractivity contribution in [1.82, 2.24) is 9.99 Å². The van der Waals surface area contributed by atoms with E-state index in [1.165, 1.54) is 16.3 Å². The highest BCUT2D eigenvalue weighted by atomic mass is 32.1. The Morgan fingerprint density at radius 2 is 1.88 bits per heavy atom. The molecule has 0 amide bonds. The molecule has 25 heavy (non-hydrogen) atoms. The summed E-state index contributed by atoms with van der Waals surface area (Å²) in [5.41, 5.74) is 3.12. The molecule has 0 unspecified atom stereocenters. The molecule has 1 aliphatic heterocycles. The van der Waals surface area contributed by atoms with E-state index < -0.39 is 0 Å². The molecule has 0 bridgehead atoms. The first-order valence-corrected chi connectivity index (χ1v) is 8.70. The summed E-state index contributed by atoms with van der Waals surface area (Å²) in [6.07, 6.45) is 0. The van der Waals surface area contributed by atoms with Gasteiger partial charge < -0.3 is 5.11 Å². The van der Waals surface area contributed by atoms with Crippen LogP contribution >= 0.6 is 11.3 Å². The molecule has 0 atom stereocenters. The molecule has 0 fully saturated rings. The Bertz CT molecular complexity index is 987. The second kappa shape index (κ2) is 6.14. The predicted molar refractivity (Wildman–Crippen MR) is 102 cm³/mol. The Morgan fingerprint density at radius 1 is 1.16 bits per heavy atom. The molecule has 124 valence electrons. The molecule has 5 nitrogen and oxygen atoms in total. The first kappa shape index (κ1) is 15.5. The zero-order chi connectivity index (χ0) is 17.4. The number of fused-ring (bicyclic) bond motifs is 1. The number of para-hydroxylation sites is 1. The number of amidine groups is 1. The van der Waals surface area contributed by atoms with Crippen LogP contribution in [0.15, 0.2) is 65.5 Å². The van der Waals surface area contributed by atoms with E-state index in [0.29, 0.717) is 10.6 Å². The summed E-state index contributed by atoms with van der Waals surface area (Å²) in [5, 5.41) is 25.5. The molecule has 1 aromatic heterocycles. The van der Waals surface area contributed by atoms with Crippen LogP contribution in [0.5, 0.6) is 0 Å². The first-order valence-electron chi connectivity index (χ1n) is 7.88. The normalized spacial score (nSPS) is 15.5. The largest absolute Gasteiger partial charge is 0.509 e. The minimum absolute atomic E-state index is 0.133. The monoisotopic (exact) mass is 348 g/mol. The number of hydrazone groups is 1. The number of aliphatic hydroxyl groups is 1. The van der Waals surface area contributed by atoms with Crippen molar-refractivity contribution in [3.05, 3.63) is 70.9 Å². The van der Waals surface area contributed by atoms with E-state index in [0.717, 1.165) is 21.5 Å². The zero-order valence-electron chi connectivity index (χ0n) is 13.6. The summed E-state index contributed by atoms with van der Waals surface area (Å²) in [7, 11) is 0. The van der Waals surface area contributed by atoms with E-state index in [9.17, 15) is 5.11 Å². The van der Waals surface area contributed by atoms with Gasteiger partial charge in [0.2, 0.25) is 0 Å². The topological polar surface area (TPSA) is 72.6 Å². The van der Waals surface area contributed by atoms with Gasteiger partial charge in [0, 0.05) is 0 Å². The Kier molecular flexibility index (Phi) is 3.82. The van der Waals surface area contributed by atoms with Gasteiger partial charge in [-0.2, -0.15) is 5.10 Å². The lowest BCUT2D eigenvalue weighted by Gasteiger charge is -2.13. The predicted octanol–water partition coefficient (Wildman–Crippen LogP) is 4.28. The van der Waals surface area contributed by atoms with E-state index in [4.69, 9.17) is 5.41 Å². The van der Waals surface area contributed by atoms with Gasteiger partial charge >= 0.3 is 0 Å². The van der Waals surface area contributed by atoms with Crippen molar-refractivity contribution in [2.45, 2.75) is 6.92 Å². The average molecular weight is 348 g/mol. The molecule has 0 spiro atoms. The highest BCUT2D eigenvalue weighted by molar-refractivity contribution is 7.19. The van der Waals surface area contributed by atoms with Crippen molar-refractivity contribution >= 4 is 38.7 Å². The first-order chi connectivity index (χ1) is 12.1. The van der Waals surface area contributed by atoms with Crippen molar-refractivity contribution in [3.63, 3.8) is 0 Å². The van der Waals surface area contributed by atoms with Crippen molar-refractivity contribution in [1.29, 1.82) is 5.41 Å². The van der Waals surface area contributed by atoms with Crippen LogP contribution in [0.3, 0.4) is 0 Å². The fraction of sp³-hybridized carbons (Fsp3) is 0.105. The molecule has 3 aromatic rings. The summed E-state index contributed by atoms with van der Waals surface area (Å²) in [5.74, 6) is 0.306. The van der Waals surface area contributed by atoms with Crippen LogP contribution in [0.2, 0.25) is 0 Å². The second-order valence-corrected chi connectivity index (χ2v) is 6.80. The van der Waals surface area contributed by atoms with Gasteiger partial charge in [-0.05, 0) is 24.6 Å². The van der Waals surface area contributed by atoms with Crippen molar-refractivity contribution < 1.29 is 5.11 Å². The van der Waals surface area contributed by atoms with Gasteiger partial charge in [-0.15, -0.1) is 11.3 Å². The lowest BCUT2D eigenvalue weighted by molar-refractivity contribution is 0.357. The number of aliphatic hydroxyl groups excluding tert-OH is 1. The summed E-state index contributed by atoms with van der Waals surface area (Å²) >= 11 is 1.47. The van der Waals surface area contributed by atoms with E-state index in [-0.39, 0.29) is 18.1 Å². The molecule has 0 saturated carbocycles. The highest BCUT2D eigenvalue weighted by Crippen LogP contribution is 2.33. The van der Waals surface area contributed by atoms with Gasteiger partial charge in [0.15, 0.2) is 5.84 Å². The highest BCUT2D eigenvalue weighted by Gasteiger charge is 2.30. The number of nitrogens with one attached hydrogen (secondary N) is 1. The number of aromatic nitrogens is 1. The molecular formula is C19H16N4OS. The minimum atomic E-state index is 0.133. The van der Waals surface area contributed by atoms with Crippen LogP contribution in [-0.2, 0) is 0 Å². The summed E-state index contributed by atoms with van der Waals surface area (Å²) < 4.78 is 1.04. The van der Waals surface area contributed by atoms with Crippen LogP contribution < -0.4 is 0 Å². The summed E-state index contributed by atoms with van der Waals surface area (Å²) in [4.78, 5) is 4.55. The fourth-order valence-electron chi connectivity index (χ4n) is 2.77. The zero-order valence-corrected chi connectivity index (χ0v) is 14.4. The molecule has 4 rings (SSSR count). The number of nitrogens with zero attached hydrogens (tertiary/aromatic N) is 3. The Morgan fingerprint density at radius 3 is 2.64 bits per heavy atom. The molecule has 6 heteroatoms. The third-order valence-corrected chi connectivity index (χ3v) is 5.11. The number of thiazole rings is 1. The van der Waals surface area contributed by atoms with E-state index >= 15 is 0 Å². The molecule has 0 saturated heterocycles. The van der Waals surface area contributed by atoms with E-state index in [2.05, 4.69) is 10.1 Å². The van der Waals surface area contributed by atoms with Crippen molar-refractivity contribution in [3.8, 4) is 0 Å². The van der Waals surface area contributed by atoms with Crippen molar-refractivity contribution in [2.24, 2.45) is 5.10 Å². The SMILES string of the molecule is C/C(=N\N1CC(O)=C(c2nc3ccccc3s2)C1=N)c1ccccc1. The van der Waals surface area contributed by atoms with Crippen LogP contribution in [-0.4, -0.2) is 33.2 Å². The average Bonchev–Trinajstić information content (AvgIpc) is 3.16. The standard InChI is InChI=1S/C19H16N4OS/c1-12(13-7-3-2-4-8-13)22-23-11-15(24)17(18(23)20)19-21-14-9-5-6-10-16(14)25-19/h2-10,20,24H,11H2,1H3/b20-18?,22-12+. The second-order valence-electron chi connectivity index (χ2n) is 5.77. The molecule has 2 heterocycles. The number of rotatable bonds is 3. The smallest absolute Gasteiger partial charge is 0.155 e. The van der Waals surface area contributed by atoms with Gasteiger partial charge in [-0.25, -0.2) is 9.99 Å². The number of hydrogen-bond acceptors (Lipinski definition) is 5. The Labute approximate surface area is 149 Å². The lowest BCUT2D eigenvalue weighted by atomic mass is 10.1. The lowest BCUT2D eigenvalue weighted by Crippen LogP contribution is -2.22. The Hall–Kier alpha value is -2.99. The molecule has 2 N–H and O–H groups in total. The van der Waals surface area contributed by atoms with Crippen molar-refractivity contribution in [2.75, 3.05) is 6.54 Å². The molecule has 1 aliphatic rings. The van der Waals surface area contributed by atoms with Gasteiger partial charge in [-0.1, -0.05) is 42.5 Å². The van der Waals surface area contributed by atoms with Crippen LogP contribution in [0, 0.1) is 5.41 Å². The molecule has 0 radical (unpaired) electrons. The summed E-state index contributed by atoms with van der Waals surface area (Å²) in [6.45, 7) is 2.09. The number of benzene rings is 2. The fourth-order valence-corrected chi connectivity index (χ4v) is 3.81. The quantitative estimate of drug-likeness (QED) is 0.694.